The number of rotatable bonds is 3. The summed E-state index contributed by atoms with van der Waals surface area (Å²) in [5.41, 5.74) is 1.61. The number of aryl methyl sites for hydroxylation is 1. The highest BCUT2D eigenvalue weighted by Gasteiger charge is 2.34. The zero-order chi connectivity index (χ0) is 13.5. The van der Waals surface area contributed by atoms with Crippen LogP contribution in [0.2, 0.25) is 0 Å². The van der Waals surface area contributed by atoms with Crippen LogP contribution in [0, 0.1) is 12.8 Å². The van der Waals surface area contributed by atoms with E-state index in [-0.39, 0.29) is 24.0 Å². The Morgan fingerprint density at radius 3 is 2.72 bits per heavy atom. The average molecular weight is 292 g/mol. The van der Waals surface area contributed by atoms with Crippen LogP contribution in [0.5, 0.6) is 0 Å². The lowest BCUT2D eigenvalue weighted by Gasteiger charge is -2.15. The molecule has 0 saturated carbocycles. The third-order valence-corrected chi connectivity index (χ3v) is 4.39. The largest absolute Gasteiger partial charge is 0.309 e. The Hall–Kier alpha value is -1.08. The second-order valence-corrected chi connectivity index (χ2v) is 7.34. The van der Waals surface area contributed by atoms with Crippen molar-refractivity contribution in [2.24, 2.45) is 13.0 Å². The van der Waals surface area contributed by atoms with E-state index in [9.17, 15) is 13.2 Å². The molecule has 18 heavy (non-hydrogen) atoms. The van der Waals surface area contributed by atoms with Gasteiger partial charge in [0.2, 0.25) is 15.0 Å². The molecule has 0 radical (unpaired) electrons. The third-order valence-electron chi connectivity index (χ3n) is 3.14. The summed E-state index contributed by atoms with van der Waals surface area (Å²) < 4.78 is 23.7. The van der Waals surface area contributed by atoms with Gasteiger partial charge in [-0.3, -0.25) is 9.48 Å². The van der Waals surface area contributed by atoms with E-state index < -0.39 is 9.05 Å². The minimum atomic E-state index is -3.57. The van der Waals surface area contributed by atoms with Crippen molar-refractivity contribution in [1.29, 1.82) is 0 Å². The molecule has 0 aliphatic carbocycles. The summed E-state index contributed by atoms with van der Waals surface area (Å²) in [5.74, 6) is -0.508. The Labute approximate surface area is 110 Å². The van der Waals surface area contributed by atoms with Crippen molar-refractivity contribution < 1.29 is 13.2 Å². The summed E-state index contributed by atoms with van der Waals surface area (Å²) in [6.45, 7) is 2.23. The molecule has 2 rings (SSSR count). The molecule has 1 aromatic heterocycles. The summed E-state index contributed by atoms with van der Waals surface area (Å²) in [6, 6.07) is 0. The number of carbonyl (C=O) groups excluding carboxylic acids is 1. The van der Waals surface area contributed by atoms with Crippen LogP contribution in [0.4, 0.5) is 5.69 Å². The van der Waals surface area contributed by atoms with Gasteiger partial charge in [-0.05, 0) is 6.92 Å². The fraction of sp³-hybridized carbons (Fsp3) is 0.600. The Balaban J connectivity index is 2.18. The summed E-state index contributed by atoms with van der Waals surface area (Å²) in [7, 11) is 3.44. The quantitative estimate of drug-likeness (QED) is 0.767. The van der Waals surface area contributed by atoms with Gasteiger partial charge in [0.1, 0.15) is 0 Å². The number of anilines is 1. The molecule has 1 amide bonds. The SMILES string of the molecule is Cc1c(N2CC(CS(=O)(=O)Cl)CC2=O)cnn1C. The van der Waals surface area contributed by atoms with Crippen LogP contribution in [0.25, 0.3) is 0 Å². The number of halogens is 1. The molecular formula is C10H14ClN3O3S. The van der Waals surface area contributed by atoms with Crippen LogP contribution < -0.4 is 4.90 Å². The smallest absolute Gasteiger partial charge is 0.232 e. The normalized spacial score (nSPS) is 20.7. The predicted molar refractivity (Wildman–Crippen MR) is 68.0 cm³/mol. The van der Waals surface area contributed by atoms with Gasteiger partial charge < -0.3 is 4.90 Å². The topological polar surface area (TPSA) is 72.3 Å². The molecule has 8 heteroatoms. The van der Waals surface area contributed by atoms with Crippen molar-refractivity contribution in [3.05, 3.63) is 11.9 Å². The number of carbonyl (C=O) groups is 1. The molecule has 2 heterocycles. The maximum absolute atomic E-state index is 11.9. The van der Waals surface area contributed by atoms with Crippen LogP contribution >= 0.6 is 10.7 Å². The number of hydrogen-bond donors (Lipinski definition) is 0. The van der Waals surface area contributed by atoms with Crippen molar-refractivity contribution in [3.8, 4) is 0 Å². The lowest BCUT2D eigenvalue weighted by molar-refractivity contribution is -0.117. The van der Waals surface area contributed by atoms with E-state index in [0.717, 1.165) is 11.4 Å². The van der Waals surface area contributed by atoms with Crippen molar-refractivity contribution in [2.45, 2.75) is 13.3 Å². The minimum absolute atomic E-state index is 0.0867. The minimum Gasteiger partial charge on any atom is -0.309 e. The van der Waals surface area contributed by atoms with Gasteiger partial charge >= 0.3 is 0 Å². The van der Waals surface area contributed by atoms with E-state index in [1.54, 1.807) is 22.8 Å². The third kappa shape index (κ3) is 2.67. The van der Waals surface area contributed by atoms with E-state index in [2.05, 4.69) is 5.10 Å². The summed E-state index contributed by atoms with van der Waals surface area (Å²) in [6.07, 6.45) is 1.82. The lowest BCUT2D eigenvalue weighted by Crippen LogP contribution is -2.25. The van der Waals surface area contributed by atoms with E-state index in [1.807, 2.05) is 6.92 Å². The molecule has 1 unspecified atom stereocenters. The summed E-state index contributed by atoms with van der Waals surface area (Å²) in [5, 5.41) is 4.07. The second kappa shape index (κ2) is 4.55. The molecule has 0 aromatic carbocycles. The number of amides is 1. The van der Waals surface area contributed by atoms with Crippen LogP contribution in [0.15, 0.2) is 6.20 Å². The van der Waals surface area contributed by atoms with E-state index in [4.69, 9.17) is 10.7 Å². The first-order valence-corrected chi connectivity index (χ1v) is 7.97. The highest BCUT2D eigenvalue weighted by atomic mass is 35.7. The predicted octanol–water partition coefficient (Wildman–Crippen LogP) is 0.650. The molecule has 1 saturated heterocycles. The van der Waals surface area contributed by atoms with Crippen molar-refractivity contribution >= 4 is 31.3 Å². The number of aromatic nitrogens is 2. The molecule has 1 aliphatic rings. The van der Waals surface area contributed by atoms with Gasteiger partial charge in [0.05, 0.1) is 23.3 Å². The van der Waals surface area contributed by atoms with Gasteiger partial charge in [-0.25, -0.2) is 8.42 Å². The lowest BCUT2D eigenvalue weighted by atomic mass is 10.1. The Kier molecular flexibility index (Phi) is 3.37. The van der Waals surface area contributed by atoms with Crippen LogP contribution in [0.1, 0.15) is 12.1 Å². The maximum Gasteiger partial charge on any atom is 0.232 e. The molecule has 1 fully saturated rings. The van der Waals surface area contributed by atoms with Crippen molar-refractivity contribution in [1.82, 2.24) is 9.78 Å². The van der Waals surface area contributed by atoms with Crippen LogP contribution in [0.3, 0.4) is 0 Å². The monoisotopic (exact) mass is 291 g/mol. The first kappa shape index (κ1) is 13.4. The van der Waals surface area contributed by atoms with Gasteiger partial charge in [-0.1, -0.05) is 0 Å². The molecule has 1 aliphatic heterocycles. The molecule has 1 atom stereocenters. The molecule has 6 nitrogen and oxygen atoms in total. The van der Waals surface area contributed by atoms with E-state index in [0.29, 0.717) is 6.54 Å². The number of hydrogen-bond acceptors (Lipinski definition) is 4. The Bertz CT molecular complexity index is 581. The molecule has 1 aromatic rings. The Morgan fingerprint density at radius 1 is 1.56 bits per heavy atom. The molecule has 0 spiro atoms. The fourth-order valence-electron chi connectivity index (χ4n) is 2.16. The van der Waals surface area contributed by atoms with Gasteiger partial charge in [-0.2, -0.15) is 5.10 Å². The molecule has 0 N–H and O–H groups in total. The average Bonchev–Trinajstić information content (AvgIpc) is 2.70. The second-order valence-electron chi connectivity index (χ2n) is 4.52. The van der Waals surface area contributed by atoms with Gasteiger partial charge in [0.25, 0.3) is 0 Å². The standard InChI is InChI=1S/C10H14ClN3O3S/c1-7-9(4-12-13(7)2)14-5-8(3-10(14)15)6-18(11,16)17/h4,8H,3,5-6H2,1-2H3. The maximum atomic E-state index is 11.9. The van der Waals surface area contributed by atoms with E-state index in [1.165, 1.54) is 0 Å². The van der Waals surface area contributed by atoms with Gasteiger partial charge in [0, 0.05) is 36.6 Å². The molecule has 100 valence electrons. The van der Waals surface area contributed by atoms with Gasteiger partial charge in [-0.15, -0.1) is 0 Å². The zero-order valence-electron chi connectivity index (χ0n) is 10.1. The van der Waals surface area contributed by atoms with E-state index >= 15 is 0 Å². The highest BCUT2D eigenvalue weighted by molar-refractivity contribution is 8.13. The zero-order valence-corrected chi connectivity index (χ0v) is 11.7. The van der Waals surface area contributed by atoms with Crippen LogP contribution in [-0.2, 0) is 20.9 Å². The first-order valence-electron chi connectivity index (χ1n) is 5.49. The number of nitrogens with zero attached hydrogens (tertiary/aromatic N) is 3. The fourth-order valence-corrected chi connectivity index (χ4v) is 3.48. The first-order chi connectivity index (χ1) is 8.28. The Morgan fingerprint density at radius 2 is 2.22 bits per heavy atom. The highest BCUT2D eigenvalue weighted by Crippen LogP contribution is 2.28. The molecule has 0 bridgehead atoms. The van der Waals surface area contributed by atoms with Crippen LogP contribution in [-0.4, -0.2) is 36.4 Å². The summed E-state index contributed by atoms with van der Waals surface area (Å²) in [4.78, 5) is 13.5. The van der Waals surface area contributed by atoms with Gasteiger partial charge in [0.15, 0.2) is 0 Å². The van der Waals surface area contributed by atoms with Crippen molar-refractivity contribution in [2.75, 3.05) is 17.2 Å². The summed E-state index contributed by atoms with van der Waals surface area (Å²) >= 11 is 0. The van der Waals surface area contributed by atoms with Crippen molar-refractivity contribution in [3.63, 3.8) is 0 Å². The molecular weight excluding hydrogens is 278 g/mol.